The van der Waals surface area contributed by atoms with Crippen molar-refractivity contribution in [2.24, 2.45) is 0 Å². The molecular weight excluding hydrogens is 290 g/mol. The number of nitro benzene ring substituents is 1. The van der Waals surface area contributed by atoms with Crippen LogP contribution in [0.3, 0.4) is 0 Å². The van der Waals surface area contributed by atoms with Crippen LogP contribution in [0.25, 0.3) is 0 Å². The summed E-state index contributed by atoms with van der Waals surface area (Å²) >= 11 is 0. The number of H-pyrrole nitrogens is 1. The van der Waals surface area contributed by atoms with E-state index in [1.807, 2.05) is 14.1 Å². The largest absolute Gasteiger partial charge is 0.346 e. The maximum absolute atomic E-state index is 11.7. The van der Waals surface area contributed by atoms with Crippen molar-refractivity contribution in [3.8, 4) is 0 Å². The number of nitro groups is 1. The molecular formula is C12H15N7O3. The van der Waals surface area contributed by atoms with Crippen LogP contribution < -0.4 is 15.5 Å². The molecule has 0 fully saturated rings. The van der Waals surface area contributed by atoms with Crippen LogP contribution in [0.5, 0.6) is 0 Å². The van der Waals surface area contributed by atoms with E-state index in [-0.39, 0.29) is 12.2 Å². The van der Waals surface area contributed by atoms with Gasteiger partial charge in [0.15, 0.2) is 0 Å². The summed E-state index contributed by atoms with van der Waals surface area (Å²) in [6, 6.07) is 5.09. The van der Waals surface area contributed by atoms with Gasteiger partial charge < -0.3 is 15.5 Å². The number of urea groups is 1. The Kier molecular flexibility index (Phi) is 4.51. The van der Waals surface area contributed by atoms with E-state index < -0.39 is 11.0 Å². The average Bonchev–Trinajstić information content (AvgIpc) is 2.95. The third kappa shape index (κ3) is 3.91. The van der Waals surface area contributed by atoms with Gasteiger partial charge in [-0.2, -0.15) is 4.98 Å². The second-order valence-corrected chi connectivity index (χ2v) is 4.59. The summed E-state index contributed by atoms with van der Waals surface area (Å²) < 4.78 is 0. The fraction of sp³-hybridized carbons (Fsp3) is 0.250. The van der Waals surface area contributed by atoms with Crippen molar-refractivity contribution in [2.45, 2.75) is 6.54 Å². The first kappa shape index (κ1) is 15.2. The molecule has 0 unspecified atom stereocenters. The van der Waals surface area contributed by atoms with Crippen LogP contribution in [-0.4, -0.2) is 40.2 Å². The maximum atomic E-state index is 11.7. The van der Waals surface area contributed by atoms with Crippen LogP contribution in [0.4, 0.5) is 22.1 Å². The lowest BCUT2D eigenvalue weighted by Gasteiger charge is -2.06. The van der Waals surface area contributed by atoms with Gasteiger partial charge in [0.25, 0.3) is 5.69 Å². The number of nitrogens with zero attached hydrogens (tertiary/aromatic N) is 4. The van der Waals surface area contributed by atoms with Gasteiger partial charge in [-0.25, -0.2) is 4.79 Å². The molecule has 1 heterocycles. The number of carbonyl (C=O) groups excluding carboxylic acids is 1. The first-order valence-electron chi connectivity index (χ1n) is 6.33. The number of benzene rings is 1. The van der Waals surface area contributed by atoms with Crippen LogP contribution in [0.2, 0.25) is 0 Å². The monoisotopic (exact) mass is 305 g/mol. The van der Waals surface area contributed by atoms with E-state index in [4.69, 9.17) is 0 Å². The molecule has 0 aliphatic carbocycles. The Morgan fingerprint density at radius 2 is 2.05 bits per heavy atom. The lowest BCUT2D eigenvalue weighted by atomic mass is 10.3. The molecule has 0 saturated heterocycles. The van der Waals surface area contributed by atoms with Crippen LogP contribution in [0, 0.1) is 10.1 Å². The van der Waals surface area contributed by atoms with Gasteiger partial charge in [-0.05, 0) is 12.1 Å². The van der Waals surface area contributed by atoms with Gasteiger partial charge in [-0.1, -0.05) is 0 Å². The Morgan fingerprint density at radius 1 is 1.36 bits per heavy atom. The van der Waals surface area contributed by atoms with Gasteiger partial charge in [0, 0.05) is 31.9 Å². The number of aromatic nitrogens is 3. The summed E-state index contributed by atoms with van der Waals surface area (Å²) in [5.41, 5.74) is 0.415. The van der Waals surface area contributed by atoms with Gasteiger partial charge in [0.2, 0.25) is 5.95 Å². The summed E-state index contributed by atoms with van der Waals surface area (Å²) in [6.45, 7) is 0.180. The second kappa shape index (κ2) is 6.52. The SMILES string of the molecule is CN(C)c1n[nH]c(CNC(=O)Nc2ccc([N+](=O)[O-])cc2)n1. The smallest absolute Gasteiger partial charge is 0.319 e. The van der Waals surface area contributed by atoms with Crippen LogP contribution in [-0.2, 0) is 6.54 Å². The van der Waals surface area contributed by atoms with Gasteiger partial charge >= 0.3 is 6.03 Å². The third-order valence-electron chi connectivity index (χ3n) is 2.67. The molecule has 1 aromatic carbocycles. The first-order chi connectivity index (χ1) is 10.5. The topological polar surface area (TPSA) is 129 Å². The number of anilines is 2. The van der Waals surface area contributed by atoms with Gasteiger partial charge in [-0.3, -0.25) is 15.2 Å². The van der Waals surface area contributed by atoms with E-state index in [0.29, 0.717) is 17.5 Å². The van der Waals surface area contributed by atoms with E-state index in [2.05, 4.69) is 25.8 Å². The Labute approximate surface area is 125 Å². The lowest BCUT2D eigenvalue weighted by Crippen LogP contribution is -2.28. The zero-order chi connectivity index (χ0) is 16.1. The number of aromatic amines is 1. The van der Waals surface area contributed by atoms with Crippen molar-refractivity contribution in [2.75, 3.05) is 24.3 Å². The van der Waals surface area contributed by atoms with Crippen LogP contribution in [0.15, 0.2) is 24.3 Å². The molecule has 22 heavy (non-hydrogen) atoms. The van der Waals surface area contributed by atoms with Crippen molar-refractivity contribution in [3.63, 3.8) is 0 Å². The minimum atomic E-state index is -0.504. The van der Waals surface area contributed by atoms with Gasteiger partial charge in [0.05, 0.1) is 11.5 Å². The molecule has 0 spiro atoms. The molecule has 0 saturated carbocycles. The lowest BCUT2D eigenvalue weighted by molar-refractivity contribution is -0.384. The van der Waals surface area contributed by atoms with Gasteiger partial charge in [0.1, 0.15) is 5.82 Å². The number of nitrogens with one attached hydrogen (secondary N) is 3. The molecule has 0 radical (unpaired) electrons. The fourth-order valence-corrected chi connectivity index (χ4v) is 1.57. The molecule has 0 aliphatic heterocycles. The van der Waals surface area contributed by atoms with E-state index in [9.17, 15) is 14.9 Å². The Morgan fingerprint density at radius 3 is 2.59 bits per heavy atom. The number of amides is 2. The molecule has 0 atom stereocenters. The average molecular weight is 305 g/mol. The van der Waals surface area contributed by atoms with Crippen molar-refractivity contribution in [1.29, 1.82) is 0 Å². The van der Waals surface area contributed by atoms with Crippen molar-refractivity contribution >= 4 is 23.4 Å². The van der Waals surface area contributed by atoms with E-state index in [1.165, 1.54) is 24.3 Å². The zero-order valence-electron chi connectivity index (χ0n) is 12.0. The molecule has 116 valence electrons. The summed E-state index contributed by atoms with van der Waals surface area (Å²) in [5.74, 6) is 1.04. The summed E-state index contributed by atoms with van der Waals surface area (Å²) in [5, 5.41) is 22.4. The van der Waals surface area contributed by atoms with E-state index >= 15 is 0 Å². The predicted molar refractivity (Wildman–Crippen MR) is 79.7 cm³/mol. The normalized spacial score (nSPS) is 10.1. The summed E-state index contributed by atoms with van der Waals surface area (Å²) in [4.78, 5) is 27.6. The molecule has 3 N–H and O–H groups in total. The number of non-ortho nitro benzene ring substituents is 1. The third-order valence-corrected chi connectivity index (χ3v) is 2.67. The Balaban J connectivity index is 1.85. The van der Waals surface area contributed by atoms with E-state index in [1.54, 1.807) is 4.90 Å². The maximum Gasteiger partial charge on any atom is 0.319 e. The number of rotatable bonds is 5. The molecule has 2 rings (SSSR count). The molecule has 10 nitrogen and oxygen atoms in total. The molecule has 0 bridgehead atoms. The highest BCUT2D eigenvalue weighted by atomic mass is 16.6. The number of hydrogen-bond acceptors (Lipinski definition) is 6. The fourth-order valence-electron chi connectivity index (χ4n) is 1.57. The van der Waals surface area contributed by atoms with Crippen LogP contribution in [0.1, 0.15) is 5.82 Å². The molecule has 10 heteroatoms. The highest BCUT2D eigenvalue weighted by Crippen LogP contribution is 2.15. The molecule has 2 amide bonds. The number of hydrogen-bond donors (Lipinski definition) is 3. The Bertz CT molecular complexity index is 666. The Hall–Kier alpha value is -3.17. The molecule has 0 aliphatic rings. The van der Waals surface area contributed by atoms with E-state index in [0.717, 1.165) is 0 Å². The highest BCUT2D eigenvalue weighted by molar-refractivity contribution is 5.89. The second-order valence-electron chi connectivity index (χ2n) is 4.59. The van der Waals surface area contributed by atoms with Crippen molar-refractivity contribution in [1.82, 2.24) is 20.5 Å². The van der Waals surface area contributed by atoms with Gasteiger partial charge in [-0.15, -0.1) is 5.10 Å². The molecule has 2 aromatic rings. The zero-order valence-corrected chi connectivity index (χ0v) is 12.0. The van der Waals surface area contributed by atoms with Crippen LogP contribution >= 0.6 is 0 Å². The minimum Gasteiger partial charge on any atom is -0.346 e. The summed E-state index contributed by atoms with van der Waals surface area (Å²) in [6.07, 6.45) is 0. The predicted octanol–water partition coefficient (Wildman–Crippen LogP) is 1.10. The molecule has 1 aromatic heterocycles. The minimum absolute atomic E-state index is 0.0381. The van der Waals surface area contributed by atoms with Crippen molar-refractivity contribution < 1.29 is 9.72 Å². The van der Waals surface area contributed by atoms with Crippen molar-refractivity contribution in [3.05, 3.63) is 40.2 Å². The quantitative estimate of drug-likeness (QED) is 0.560. The summed E-state index contributed by atoms with van der Waals surface area (Å²) in [7, 11) is 3.61. The number of carbonyl (C=O) groups is 1. The standard InChI is InChI=1S/C12H15N7O3/c1-18(2)11-15-10(16-17-11)7-13-12(20)14-8-3-5-9(6-4-8)19(21)22/h3-6H,7H2,1-2H3,(H2,13,14,20)(H,15,16,17). The first-order valence-corrected chi connectivity index (χ1v) is 6.33. The highest BCUT2D eigenvalue weighted by Gasteiger charge is 2.08.